The summed E-state index contributed by atoms with van der Waals surface area (Å²) < 4.78 is 10.8. The van der Waals surface area contributed by atoms with Gasteiger partial charge in [0.1, 0.15) is 5.54 Å². The summed E-state index contributed by atoms with van der Waals surface area (Å²) in [6.07, 6.45) is 4.78. The van der Waals surface area contributed by atoms with Crippen LogP contribution in [0.4, 0.5) is 0 Å². The van der Waals surface area contributed by atoms with Gasteiger partial charge >= 0.3 is 5.97 Å². The van der Waals surface area contributed by atoms with Gasteiger partial charge in [-0.15, -0.1) is 0 Å². The van der Waals surface area contributed by atoms with Crippen LogP contribution >= 0.6 is 0 Å². The van der Waals surface area contributed by atoms with E-state index in [1.807, 2.05) is 0 Å². The van der Waals surface area contributed by atoms with Crippen LogP contribution in [0.3, 0.4) is 0 Å². The van der Waals surface area contributed by atoms with E-state index in [2.05, 4.69) is 26.1 Å². The molecule has 4 heteroatoms. The van der Waals surface area contributed by atoms with Crippen molar-refractivity contribution < 1.29 is 14.3 Å². The highest BCUT2D eigenvalue weighted by Crippen LogP contribution is 2.32. The van der Waals surface area contributed by atoms with Crippen LogP contribution in [0.15, 0.2) is 0 Å². The number of carbonyl (C=O) groups excluding carboxylic acids is 1. The monoisotopic (exact) mass is 257 g/mol. The summed E-state index contributed by atoms with van der Waals surface area (Å²) in [4.78, 5) is 12.1. The SMILES string of the molecule is CCCOC1CCCC(NC(C)C)(C(=O)OC)C1. The Kier molecular flexibility index (Phi) is 6.09. The van der Waals surface area contributed by atoms with Crippen molar-refractivity contribution in [3.05, 3.63) is 0 Å². The van der Waals surface area contributed by atoms with E-state index in [1.54, 1.807) is 0 Å². The molecule has 0 bridgehead atoms. The Labute approximate surface area is 110 Å². The molecule has 1 N–H and O–H groups in total. The molecule has 106 valence electrons. The molecule has 2 atom stereocenters. The molecule has 1 saturated carbocycles. The Hall–Kier alpha value is -0.610. The van der Waals surface area contributed by atoms with Crippen molar-refractivity contribution in [2.75, 3.05) is 13.7 Å². The molecule has 4 nitrogen and oxygen atoms in total. The van der Waals surface area contributed by atoms with Crippen molar-refractivity contribution in [1.29, 1.82) is 0 Å². The molecule has 1 rings (SSSR count). The average Bonchev–Trinajstić information content (AvgIpc) is 2.34. The molecule has 0 saturated heterocycles. The van der Waals surface area contributed by atoms with E-state index in [4.69, 9.17) is 9.47 Å². The summed E-state index contributed by atoms with van der Waals surface area (Å²) in [5.41, 5.74) is -0.556. The summed E-state index contributed by atoms with van der Waals surface area (Å²) in [5.74, 6) is -0.152. The molecule has 2 unspecified atom stereocenters. The molecule has 0 aliphatic heterocycles. The lowest BCUT2D eigenvalue weighted by Gasteiger charge is -2.40. The molecule has 1 aliphatic rings. The first kappa shape index (κ1) is 15.4. The predicted molar refractivity (Wildman–Crippen MR) is 71.5 cm³/mol. The minimum atomic E-state index is -0.556. The fourth-order valence-electron chi connectivity index (χ4n) is 2.77. The normalized spacial score (nSPS) is 28.4. The van der Waals surface area contributed by atoms with Crippen LogP contribution in [0.25, 0.3) is 0 Å². The first-order valence-electron chi connectivity index (χ1n) is 7.01. The zero-order valence-corrected chi connectivity index (χ0v) is 12.1. The van der Waals surface area contributed by atoms with Crippen LogP contribution in [0.2, 0.25) is 0 Å². The van der Waals surface area contributed by atoms with Crippen molar-refractivity contribution in [2.45, 2.75) is 70.6 Å². The predicted octanol–water partition coefficient (Wildman–Crippen LogP) is 2.27. The third kappa shape index (κ3) is 3.95. The van der Waals surface area contributed by atoms with Gasteiger partial charge in [-0.05, 0) is 39.5 Å². The Morgan fingerprint density at radius 3 is 2.78 bits per heavy atom. The Balaban J connectivity index is 2.72. The Bertz CT molecular complexity index is 268. The number of carbonyl (C=O) groups is 1. The first-order valence-corrected chi connectivity index (χ1v) is 7.01. The van der Waals surface area contributed by atoms with Gasteiger partial charge in [0.25, 0.3) is 0 Å². The van der Waals surface area contributed by atoms with Crippen LogP contribution < -0.4 is 5.32 Å². The van der Waals surface area contributed by atoms with E-state index >= 15 is 0 Å². The number of ether oxygens (including phenoxy) is 2. The summed E-state index contributed by atoms with van der Waals surface area (Å²) in [6, 6.07) is 0.258. The van der Waals surface area contributed by atoms with E-state index in [9.17, 15) is 4.79 Å². The standard InChI is InChI=1S/C14H27NO3/c1-5-9-18-12-7-6-8-14(10-12,13(16)17-4)15-11(2)3/h11-12,15H,5-10H2,1-4H3. The number of hydrogen-bond donors (Lipinski definition) is 1. The third-order valence-corrected chi connectivity index (χ3v) is 3.40. The highest BCUT2D eigenvalue weighted by Gasteiger charge is 2.44. The average molecular weight is 257 g/mol. The summed E-state index contributed by atoms with van der Waals surface area (Å²) in [7, 11) is 1.46. The Morgan fingerprint density at radius 2 is 2.22 bits per heavy atom. The minimum Gasteiger partial charge on any atom is -0.468 e. The zero-order valence-electron chi connectivity index (χ0n) is 12.1. The summed E-state index contributed by atoms with van der Waals surface area (Å²) >= 11 is 0. The fraction of sp³-hybridized carbons (Fsp3) is 0.929. The number of esters is 1. The molecule has 0 aromatic heterocycles. The molecular formula is C14H27NO3. The molecule has 1 fully saturated rings. The highest BCUT2D eigenvalue weighted by molar-refractivity contribution is 5.81. The van der Waals surface area contributed by atoms with Gasteiger partial charge in [0.15, 0.2) is 0 Å². The lowest BCUT2D eigenvalue weighted by atomic mass is 9.79. The largest absolute Gasteiger partial charge is 0.468 e. The number of rotatable bonds is 6. The second-order valence-corrected chi connectivity index (χ2v) is 5.46. The van der Waals surface area contributed by atoms with Crippen molar-refractivity contribution in [1.82, 2.24) is 5.32 Å². The van der Waals surface area contributed by atoms with Gasteiger partial charge in [0.05, 0.1) is 13.2 Å². The van der Waals surface area contributed by atoms with Crippen LogP contribution in [0.5, 0.6) is 0 Å². The van der Waals surface area contributed by atoms with Crippen LogP contribution in [0.1, 0.15) is 52.9 Å². The molecule has 1 aliphatic carbocycles. The van der Waals surface area contributed by atoms with Crippen LogP contribution in [-0.4, -0.2) is 37.4 Å². The number of nitrogens with one attached hydrogen (secondary N) is 1. The highest BCUT2D eigenvalue weighted by atomic mass is 16.5. The number of hydrogen-bond acceptors (Lipinski definition) is 4. The van der Waals surface area contributed by atoms with Gasteiger partial charge in [-0.1, -0.05) is 6.92 Å². The lowest BCUT2D eigenvalue weighted by molar-refractivity contribution is -0.153. The molecule has 0 heterocycles. The van der Waals surface area contributed by atoms with Crippen molar-refractivity contribution in [3.8, 4) is 0 Å². The van der Waals surface area contributed by atoms with Gasteiger partial charge in [-0.3, -0.25) is 10.1 Å². The van der Waals surface area contributed by atoms with Gasteiger partial charge in [0, 0.05) is 19.1 Å². The van der Waals surface area contributed by atoms with Crippen molar-refractivity contribution in [2.24, 2.45) is 0 Å². The van der Waals surface area contributed by atoms with Crippen LogP contribution in [0, 0.1) is 0 Å². The maximum absolute atomic E-state index is 12.1. The maximum atomic E-state index is 12.1. The van der Waals surface area contributed by atoms with Gasteiger partial charge in [-0.25, -0.2) is 0 Å². The fourth-order valence-corrected chi connectivity index (χ4v) is 2.77. The maximum Gasteiger partial charge on any atom is 0.326 e. The smallest absolute Gasteiger partial charge is 0.326 e. The molecule has 0 aromatic rings. The quantitative estimate of drug-likeness (QED) is 0.742. The summed E-state index contributed by atoms with van der Waals surface area (Å²) in [5, 5.41) is 3.40. The molecular weight excluding hydrogens is 230 g/mol. The minimum absolute atomic E-state index is 0.152. The zero-order chi connectivity index (χ0) is 13.6. The second kappa shape index (κ2) is 7.10. The first-order chi connectivity index (χ1) is 8.54. The number of methoxy groups -OCH3 is 1. The van der Waals surface area contributed by atoms with Gasteiger partial charge in [0.2, 0.25) is 0 Å². The second-order valence-electron chi connectivity index (χ2n) is 5.46. The van der Waals surface area contributed by atoms with E-state index in [-0.39, 0.29) is 18.1 Å². The topological polar surface area (TPSA) is 47.6 Å². The molecule has 0 spiro atoms. The van der Waals surface area contributed by atoms with Crippen molar-refractivity contribution >= 4 is 5.97 Å². The van der Waals surface area contributed by atoms with E-state index < -0.39 is 5.54 Å². The molecule has 0 aromatic carbocycles. The van der Waals surface area contributed by atoms with E-state index in [0.29, 0.717) is 0 Å². The molecule has 18 heavy (non-hydrogen) atoms. The van der Waals surface area contributed by atoms with Gasteiger partial charge < -0.3 is 9.47 Å². The summed E-state index contributed by atoms with van der Waals surface area (Å²) in [6.45, 7) is 6.98. The van der Waals surface area contributed by atoms with Crippen LogP contribution in [-0.2, 0) is 14.3 Å². The van der Waals surface area contributed by atoms with E-state index in [0.717, 1.165) is 38.7 Å². The van der Waals surface area contributed by atoms with Gasteiger partial charge in [-0.2, -0.15) is 0 Å². The van der Waals surface area contributed by atoms with Crippen molar-refractivity contribution in [3.63, 3.8) is 0 Å². The Morgan fingerprint density at radius 1 is 1.50 bits per heavy atom. The molecule has 0 amide bonds. The molecule has 0 radical (unpaired) electrons. The van der Waals surface area contributed by atoms with E-state index in [1.165, 1.54) is 7.11 Å². The lowest BCUT2D eigenvalue weighted by Crippen LogP contribution is -2.58. The third-order valence-electron chi connectivity index (χ3n) is 3.40.